The fourth-order valence-electron chi connectivity index (χ4n) is 3.67. The molecule has 1 N–H and O–H groups in total. The fourth-order valence-corrected chi connectivity index (χ4v) is 3.67. The molecule has 0 radical (unpaired) electrons. The van der Waals surface area contributed by atoms with Crippen LogP contribution >= 0.6 is 0 Å². The number of rotatable bonds is 6. The van der Waals surface area contributed by atoms with Crippen molar-refractivity contribution in [1.82, 2.24) is 10.2 Å². The molecule has 0 spiro atoms. The quantitative estimate of drug-likeness (QED) is 0.786. The van der Waals surface area contributed by atoms with Gasteiger partial charge in [-0.3, -0.25) is 4.90 Å². The van der Waals surface area contributed by atoms with E-state index >= 15 is 0 Å². The molecule has 2 aromatic rings. The first kappa shape index (κ1) is 21.3. The molecule has 0 saturated carbocycles. The molecule has 1 aliphatic rings. The third-order valence-electron chi connectivity index (χ3n) is 5.07. The molecular formula is C21H25F3N2O3. The molecule has 8 heteroatoms. The van der Waals surface area contributed by atoms with Gasteiger partial charge in [0, 0.05) is 26.2 Å². The normalized spacial score (nSPS) is 16.3. The largest absolute Gasteiger partial charge is 0.493 e. The van der Waals surface area contributed by atoms with Crippen LogP contribution in [0.5, 0.6) is 17.2 Å². The Bertz CT molecular complexity index is 794. The lowest BCUT2D eigenvalue weighted by Gasteiger charge is -2.36. The number of hydrogen-bond acceptors (Lipinski definition) is 5. The molecule has 1 fully saturated rings. The summed E-state index contributed by atoms with van der Waals surface area (Å²) in [5.74, 6) is 1.49. The summed E-state index contributed by atoms with van der Waals surface area (Å²) in [5, 5.41) is 3.31. The van der Waals surface area contributed by atoms with Gasteiger partial charge >= 0.3 is 6.18 Å². The summed E-state index contributed by atoms with van der Waals surface area (Å²) in [6.07, 6.45) is -4.37. The van der Waals surface area contributed by atoms with E-state index in [4.69, 9.17) is 14.2 Å². The number of benzene rings is 2. The van der Waals surface area contributed by atoms with E-state index in [1.54, 1.807) is 26.4 Å². The van der Waals surface area contributed by atoms with Crippen molar-refractivity contribution in [2.24, 2.45) is 0 Å². The fraction of sp³-hybridized carbons (Fsp3) is 0.429. The Hall–Kier alpha value is -2.45. The molecule has 3 rings (SSSR count). The molecule has 2 aromatic carbocycles. The summed E-state index contributed by atoms with van der Waals surface area (Å²) in [6, 6.07) is 8.80. The third-order valence-corrected chi connectivity index (χ3v) is 5.07. The monoisotopic (exact) mass is 410 g/mol. The third kappa shape index (κ3) is 4.59. The van der Waals surface area contributed by atoms with Crippen LogP contribution in [0.15, 0.2) is 36.4 Å². The standard InChI is InChI=1S/C21H25F3N2O3/c1-27-17-12-15(13-18(28-2)20(17)29-3)19(26-10-8-25-9-11-26)14-4-6-16(7-5-14)21(22,23)24/h4-7,12-13,19,25H,8-11H2,1-3H3/t19-/m1/s1. The van der Waals surface area contributed by atoms with Crippen LogP contribution in [0.25, 0.3) is 0 Å². The molecule has 0 aliphatic carbocycles. The minimum absolute atomic E-state index is 0.243. The highest BCUT2D eigenvalue weighted by molar-refractivity contribution is 5.55. The summed E-state index contributed by atoms with van der Waals surface area (Å²) in [6.45, 7) is 3.15. The van der Waals surface area contributed by atoms with Crippen LogP contribution in [0, 0.1) is 0 Å². The molecule has 0 unspecified atom stereocenters. The van der Waals surface area contributed by atoms with Crippen molar-refractivity contribution in [2.45, 2.75) is 12.2 Å². The van der Waals surface area contributed by atoms with E-state index in [-0.39, 0.29) is 6.04 Å². The zero-order chi connectivity index (χ0) is 21.0. The molecule has 0 bridgehead atoms. The zero-order valence-electron chi connectivity index (χ0n) is 16.7. The van der Waals surface area contributed by atoms with Crippen molar-refractivity contribution in [2.75, 3.05) is 47.5 Å². The van der Waals surface area contributed by atoms with Gasteiger partial charge in [-0.15, -0.1) is 0 Å². The molecule has 158 valence electrons. The lowest BCUT2D eigenvalue weighted by atomic mass is 9.94. The zero-order valence-corrected chi connectivity index (χ0v) is 16.7. The maximum absolute atomic E-state index is 13.0. The van der Waals surface area contributed by atoms with Gasteiger partial charge in [-0.25, -0.2) is 0 Å². The average molecular weight is 410 g/mol. The highest BCUT2D eigenvalue weighted by Crippen LogP contribution is 2.42. The van der Waals surface area contributed by atoms with E-state index < -0.39 is 11.7 Å². The number of nitrogens with zero attached hydrogens (tertiary/aromatic N) is 1. The van der Waals surface area contributed by atoms with Crippen molar-refractivity contribution in [3.05, 3.63) is 53.1 Å². The number of hydrogen-bond donors (Lipinski definition) is 1. The van der Waals surface area contributed by atoms with Crippen LogP contribution in [0.3, 0.4) is 0 Å². The van der Waals surface area contributed by atoms with E-state index in [2.05, 4.69) is 10.2 Å². The van der Waals surface area contributed by atoms with Crippen LogP contribution in [-0.4, -0.2) is 52.4 Å². The molecule has 29 heavy (non-hydrogen) atoms. The Labute approximate surface area is 168 Å². The Morgan fingerprint density at radius 2 is 1.41 bits per heavy atom. The Kier molecular flexibility index (Phi) is 6.54. The predicted molar refractivity (Wildman–Crippen MR) is 104 cm³/mol. The second-order valence-electron chi connectivity index (χ2n) is 6.77. The number of ether oxygens (including phenoxy) is 3. The van der Waals surface area contributed by atoms with Gasteiger partial charge in [-0.2, -0.15) is 13.2 Å². The van der Waals surface area contributed by atoms with Gasteiger partial charge in [0.15, 0.2) is 11.5 Å². The molecule has 0 amide bonds. The van der Waals surface area contributed by atoms with Crippen molar-refractivity contribution in [1.29, 1.82) is 0 Å². The van der Waals surface area contributed by atoms with Crippen molar-refractivity contribution in [3.8, 4) is 17.2 Å². The second-order valence-corrected chi connectivity index (χ2v) is 6.77. The Morgan fingerprint density at radius 1 is 0.862 bits per heavy atom. The lowest BCUT2D eigenvalue weighted by molar-refractivity contribution is -0.137. The van der Waals surface area contributed by atoms with Gasteiger partial charge in [0.1, 0.15) is 0 Å². The Balaban J connectivity index is 2.09. The molecule has 5 nitrogen and oxygen atoms in total. The number of alkyl halides is 3. The van der Waals surface area contributed by atoms with Crippen molar-refractivity contribution < 1.29 is 27.4 Å². The first-order chi connectivity index (χ1) is 13.9. The first-order valence-corrected chi connectivity index (χ1v) is 9.31. The van der Waals surface area contributed by atoms with Gasteiger partial charge < -0.3 is 19.5 Å². The highest BCUT2D eigenvalue weighted by Gasteiger charge is 2.31. The van der Waals surface area contributed by atoms with Crippen LogP contribution < -0.4 is 19.5 Å². The molecule has 1 heterocycles. The SMILES string of the molecule is COc1cc([C@@H](c2ccc(C(F)(F)F)cc2)N2CCNCC2)cc(OC)c1OC. The second kappa shape index (κ2) is 8.92. The van der Waals surface area contributed by atoms with Crippen molar-refractivity contribution >= 4 is 0 Å². The molecule has 0 aromatic heterocycles. The van der Waals surface area contributed by atoms with E-state index in [1.807, 2.05) is 12.1 Å². The van der Waals surface area contributed by atoms with Gasteiger partial charge in [-0.1, -0.05) is 12.1 Å². The van der Waals surface area contributed by atoms with Gasteiger partial charge in [0.05, 0.1) is 32.9 Å². The van der Waals surface area contributed by atoms with E-state index in [1.165, 1.54) is 7.11 Å². The van der Waals surface area contributed by atoms with E-state index in [0.717, 1.165) is 49.4 Å². The Morgan fingerprint density at radius 3 is 1.86 bits per heavy atom. The maximum atomic E-state index is 13.0. The summed E-state index contributed by atoms with van der Waals surface area (Å²) in [4.78, 5) is 2.24. The molecule has 1 atom stereocenters. The van der Waals surface area contributed by atoms with Crippen LogP contribution in [0.1, 0.15) is 22.7 Å². The topological polar surface area (TPSA) is 43.0 Å². The van der Waals surface area contributed by atoms with E-state index in [9.17, 15) is 13.2 Å². The molecule has 1 saturated heterocycles. The van der Waals surface area contributed by atoms with Gasteiger partial charge in [0.2, 0.25) is 5.75 Å². The molecular weight excluding hydrogens is 385 g/mol. The lowest BCUT2D eigenvalue weighted by Crippen LogP contribution is -2.45. The summed E-state index contributed by atoms with van der Waals surface area (Å²) in [7, 11) is 4.61. The summed E-state index contributed by atoms with van der Waals surface area (Å²) < 4.78 is 55.4. The minimum Gasteiger partial charge on any atom is -0.493 e. The maximum Gasteiger partial charge on any atom is 0.416 e. The van der Waals surface area contributed by atoms with Gasteiger partial charge in [0.25, 0.3) is 0 Å². The predicted octanol–water partition coefficient (Wildman–Crippen LogP) is 3.73. The average Bonchev–Trinajstić information content (AvgIpc) is 2.73. The number of nitrogens with one attached hydrogen (secondary N) is 1. The first-order valence-electron chi connectivity index (χ1n) is 9.31. The van der Waals surface area contributed by atoms with Crippen molar-refractivity contribution in [3.63, 3.8) is 0 Å². The number of piperazine rings is 1. The number of halogens is 3. The number of methoxy groups -OCH3 is 3. The molecule has 1 aliphatic heterocycles. The van der Waals surface area contributed by atoms with Crippen LogP contribution in [-0.2, 0) is 6.18 Å². The smallest absolute Gasteiger partial charge is 0.416 e. The minimum atomic E-state index is -4.37. The summed E-state index contributed by atoms with van der Waals surface area (Å²) >= 11 is 0. The highest BCUT2D eigenvalue weighted by atomic mass is 19.4. The van der Waals surface area contributed by atoms with Crippen LogP contribution in [0.4, 0.5) is 13.2 Å². The summed E-state index contributed by atoms with van der Waals surface area (Å²) in [5.41, 5.74) is 0.973. The van der Waals surface area contributed by atoms with Crippen LogP contribution in [0.2, 0.25) is 0 Å². The van der Waals surface area contributed by atoms with Gasteiger partial charge in [-0.05, 0) is 35.4 Å². The van der Waals surface area contributed by atoms with E-state index in [0.29, 0.717) is 17.2 Å².